The van der Waals surface area contributed by atoms with E-state index in [0.717, 1.165) is 0 Å². The zero-order valence-corrected chi connectivity index (χ0v) is 14.0. The van der Waals surface area contributed by atoms with E-state index in [1.165, 1.54) is 15.8 Å². The molecule has 1 aromatic heterocycles. The van der Waals surface area contributed by atoms with Crippen molar-refractivity contribution in [3.05, 3.63) is 62.0 Å². The number of fused-ring (bicyclic) bond motifs is 1. The highest BCUT2D eigenvalue weighted by molar-refractivity contribution is 6.41. The molecule has 3 rings (SSSR count). The summed E-state index contributed by atoms with van der Waals surface area (Å²) in [7, 11) is 0. The number of nitrogens with zero attached hydrogens (tertiary/aromatic N) is 3. The Balaban J connectivity index is 1.59. The minimum absolute atomic E-state index is 0.0629. The fraction of sp³-hybridized carbons (Fsp3) is 0.250. The van der Waals surface area contributed by atoms with E-state index < -0.39 is 5.56 Å². The first-order valence-electron chi connectivity index (χ1n) is 7.37. The molecule has 124 valence electrons. The Morgan fingerprint density at radius 2 is 1.50 bits per heavy atom. The van der Waals surface area contributed by atoms with Crippen molar-refractivity contribution in [2.75, 3.05) is 6.54 Å². The van der Waals surface area contributed by atoms with E-state index in [0.29, 0.717) is 37.1 Å². The number of carbonyl (C=O) groups excluding carboxylic acids is 2. The molecule has 2 heterocycles. The molecule has 0 N–H and O–H groups in total. The number of imide groups is 1. The van der Waals surface area contributed by atoms with Gasteiger partial charge in [-0.25, -0.2) is 4.68 Å². The molecule has 6 nitrogen and oxygen atoms in total. The first kappa shape index (κ1) is 16.7. The van der Waals surface area contributed by atoms with Gasteiger partial charge in [0.25, 0.3) is 17.4 Å². The molecule has 0 atom stereocenters. The summed E-state index contributed by atoms with van der Waals surface area (Å²) < 4.78 is 1.22. The highest BCUT2D eigenvalue weighted by Crippen LogP contribution is 2.22. The molecule has 1 aliphatic rings. The van der Waals surface area contributed by atoms with Crippen LogP contribution in [-0.2, 0) is 6.54 Å². The van der Waals surface area contributed by atoms with Crippen molar-refractivity contribution >= 4 is 35.0 Å². The Morgan fingerprint density at radius 1 is 0.917 bits per heavy atom. The van der Waals surface area contributed by atoms with Gasteiger partial charge in [-0.3, -0.25) is 19.3 Å². The summed E-state index contributed by atoms with van der Waals surface area (Å²) in [5.74, 6) is -0.555. The maximum atomic E-state index is 12.2. The number of hydrogen-bond acceptors (Lipinski definition) is 4. The normalized spacial score (nSPS) is 13.5. The summed E-state index contributed by atoms with van der Waals surface area (Å²) in [5, 5.41) is 3.96. The van der Waals surface area contributed by atoms with Crippen LogP contribution in [0, 0.1) is 0 Å². The Kier molecular flexibility index (Phi) is 4.69. The Labute approximate surface area is 147 Å². The Bertz CT molecular complexity index is 844. The van der Waals surface area contributed by atoms with Crippen molar-refractivity contribution in [2.45, 2.75) is 19.4 Å². The maximum absolute atomic E-state index is 12.2. The molecule has 1 aromatic carbocycles. The lowest BCUT2D eigenvalue weighted by atomic mass is 10.1. The second kappa shape index (κ2) is 6.75. The van der Waals surface area contributed by atoms with Gasteiger partial charge in [0.1, 0.15) is 5.02 Å². The zero-order chi connectivity index (χ0) is 17.3. The van der Waals surface area contributed by atoms with Crippen LogP contribution in [0.25, 0.3) is 0 Å². The van der Waals surface area contributed by atoms with E-state index in [9.17, 15) is 14.4 Å². The Morgan fingerprint density at radius 3 is 2.12 bits per heavy atom. The number of rotatable bonds is 5. The minimum Gasteiger partial charge on any atom is -0.274 e. The van der Waals surface area contributed by atoms with Gasteiger partial charge in [0.05, 0.1) is 22.3 Å². The summed E-state index contributed by atoms with van der Waals surface area (Å²) in [4.78, 5) is 37.5. The standard InChI is InChI=1S/C16H13Cl2N3O3/c17-12-9-19-21(16(24)13(12)18)8-4-3-7-20-14(22)10-5-1-2-6-11(10)15(20)23/h1-2,5-6,9H,3-4,7-8H2. The SMILES string of the molecule is O=C1c2ccccc2C(=O)N1CCCCn1ncc(Cl)c(Cl)c1=O. The average molecular weight is 366 g/mol. The summed E-state index contributed by atoms with van der Waals surface area (Å²) in [6.07, 6.45) is 2.44. The molecule has 0 bridgehead atoms. The van der Waals surface area contributed by atoms with Gasteiger partial charge in [-0.05, 0) is 25.0 Å². The second-order valence-corrected chi connectivity index (χ2v) is 6.13. The van der Waals surface area contributed by atoms with Crippen molar-refractivity contribution in [1.82, 2.24) is 14.7 Å². The van der Waals surface area contributed by atoms with Gasteiger partial charge in [0.15, 0.2) is 0 Å². The van der Waals surface area contributed by atoms with E-state index in [4.69, 9.17) is 23.2 Å². The number of benzene rings is 1. The van der Waals surface area contributed by atoms with Crippen molar-refractivity contribution in [1.29, 1.82) is 0 Å². The van der Waals surface area contributed by atoms with Crippen molar-refractivity contribution < 1.29 is 9.59 Å². The molecule has 0 saturated heterocycles. The van der Waals surface area contributed by atoms with Crippen LogP contribution in [0.4, 0.5) is 0 Å². The van der Waals surface area contributed by atoms with E-state index in [-0.39, 0.29) is 21.9 Å². The molecule has 0 aliphatic carbocycles. The van der Waals surface area contributed by atoms with Crippen LogP contribution in [0.15, 0.2) is 35.3 Å². The van der Waals surface area contributed by atoms with Crippen molar-refractivity contribution in [2.24, 2.45) is 0 Å². The fourth-order valence-electron chi connectivity index (χ4n) is 2.58. The number of halogens is 2. The molecule has 2 aromatic rings. The molecule has 0 fully saturated rings. The number of hydrogen-bond donors (Lipinski definition) is 0. The number of aromatic nitrogens is 2. The molecule has 2 amide bonds. The lowest BCUT2D eigenvalue weighted by Gasteiger charge is -2.13. The fourth-order valence-corrected chi connectivity index (χ4v) is 2.85. The smallest absolute Gasteiger partial charge is 0.274 e. The molecular formula is C16H13Cl2N3O3. The van der Waals surface area contributed by atoms with Crippen LogP contribution in [0.5, 0.6) is 0 Å². The van der Waals surface area contributed by atoms with Crippen LogP contribution < -0.4 is 5.56 Å². The van der Waals surface area contributed by atoms with Gasteiger partial charge in [-0.15, -0.1) is 0 Å². The highest BCUT2D eigenvalue weighted by Gasteiger charge is 2.34. The molecule has 24 heavy (non-hydrogen) atoms. The topological polar surface area (TPSA) is 72.3 Å². The lowest BCUT2D eigenvalue weighted by Crippen LogP contribution is -2.31. The van der Waals surface area contributed by atoms with Crippen LogP contribution in [0.2, 0.25) is 10.0 Å². The van der Waals surface area contributed by atoms with Gasteiger partial charge < -0.3 is 0 Å². The summed E-state index contributed by atoms with van der Waals surface area (Å²) in [6.45, 7) is 0.626. The zero-order valence-electron chi connectivity index (χ0n) is 12.5. The van der Waals surface area contributed by atoms with Gasteiger partial charge in [0, 0.05) is 13.1 Å². The van der Waals surface area contributed by atoms with Gasteiger partial charge >= 0.3 is 0 Å². The Hall–Kier alpha value is -2.18. The molecular weight excluding hydrogens is 353 g/mol. The first-order valence-corrected chi connectivity index (χ1v) is 8.12. The molecule has 8 heteroatoms. The highest BCUT2D eigenvalue weighted by atomic mass is 35.5. The average Bonchev–Trinajstić information content (AvgIpc) is 2.83. The van der Waals surface area contributed by atoms with Gasteiger partial charge in [-0.1, -0.05) is 35.3 Å². The van der Waals surface area contributed by atoms with Crippen LogP contribution in [-0.4, -0.2) is 33.0 Å². The van der Waals surface area contributed by atoms with E-state index in [1.807, 2.05) is 0 Å². The van der Waals surface area contributed by atoms with Gasteiger partial charge in [-0.2, -0.15) is 5.10 Å². The summed E-state index contributed by atoms with van der Waals surface area (Å²) in [5.41, 5.74) is 0.416. The van der Waals surface area contributed by atoms with Crippen LogP contribution in [0.1, 0.15) is 33.6 Å². The van der Waals surface area contributed by atoms with E-state index in [1.54, 1.807) is 24.3 Å². The lowest BCUT2D eigenvalue weighted by molar-refractivity contribution is 0.0651. The summed E-state index contributed by atoms with van der Waals surface area (Å²) in [6, 6.07) is 6.76. The van der Waals surface area contributed by atoms with Crippen molar-refractivity contribution in [3.63, 3.8) is 0 Å². The predicted molar refractivity (Wildman–Crippen MR) is 89.6 cm³/mol. The third kappa shape index (κ3) is 2.95. The second-order valence-electron chi connectivity index (χ2n) is 5.35. The third-order valence-corrected chi connectivity index (χ3v) is 4.57. The first-order chi connectivity index (χ1) is 11.5. The maximum Gasteiger partial charge on any atom is 0.287 e. The van der Waals surface area contributed by atoms with Gasteiger partial charge in [0.2, 0.25) is 0 Å². The largest absolute Gasteiger partial charge is 0.287 e. The monoisotopic (exact) mass is 365 g/mol. The molecule has 0 spiro atoms. The quantitative estimate of drug-likeness (QED) is 0.603. The number of amides is 2. The van der Waals surface area contributed by atoms with Crippen LogP contribution >= 0.6 is 23.2 Å². The summed E-state index contributed by atoms with van der Waals surface area (Å²) >= 11 is 11.5. The molecule has 0 unspecified atom stereocenters. The number of carbonyl (C=O) groups is 2. The van der Waals surface area contributed by atoms with Crippen molar-refractivity contribution in [3.8, 4) is 0 Å². The van der Waals surface area contributed by atoms with E-state index in [2.05, 4.69) is 5.10 Å². The molecule has 0 saturated carbocycles. The molecule has 1 aliphatic heterocycles. The predicted octanol–water partition coefficient (Wildman–Crippen LogP) is 2.63. The van der Waals surface area contributed by atoms with E-state index >= 15 is 0 Å². The van der Waals surface area contributed by atoms with Crippen LogP contribution in [0.3, 0.4) is 0 Å². The molecule has 0 radical (unpaired) electrons. The third-order valence-electron chi connectivity index (χ3n) is 3.82. The minimum atomic E-state index is -0.454. The number of aryl methyl sites for hydroxylation is 1. The number of unbranched alkanes of at least 4 members (excludes halogenated alkanes) is 1.